The molecule has 1 saturated heterocycles. The standard InChI is InChI=1S/C23H26N2O4/c1-24(23(27)16-29-20-8-7-18-10-12-28-22(18)13-20)21(17-5-3-2-4-6-17)15-25-11-9-19(26)14-25/h2-8,10,12-13,19,21,26H,9,11,14-16H2,1H3/t19-,21+/m0/s1. The molecule has 2 aromatic carbocycles. The third-order valence-corrected chi connectivity index (χ3v) is 5.51. The summed E-state index contributed by atoms with van der Waals surface area (Å²) in [5, 5.41) is 10.8. The van der Waals surface area contributed by atoms with Gasteiger partial charge in [-0.15, -0.1) is 0 Å². The summed E-state index contributed by atoms with van der Waals surface area (Å²) in [7, 11) is 1.81. The second kappa shape index (κ2) is 8.68. The van der Waals surface area contributed by atoms with E-state index in [0.29, 0.717) is 18.8 Å². The number of furan rings is 1. The molecule has 0 radical (unpaired) electrons. The number of aliphatic hydroxyl groups is 1. The summed E-state index contributed by atoms with van der Waals surface area (Å²) >= 11 is 0. The quantitative estimate of drug-likeness (QED) is 0.667. The molecular formula is C23H26N2O4. The Morgan fingerprint density at radius 2 is 2.10 bits per heavy atom. The second-order valence-corrected chi connectivity index (χ2v) is 7.54. The molecule has 1 aromatic heterocycles. The van der Waals surface area contributed by atoms with Gasteiger partial charge in [0.05, 0.1) is 18.4 Å². The molecule has 0 bridgehead atoms. The third kappa shape index (κ3) is 4.60. The van der Waals surface area contributed by atoms with Gasteiger partial charge in [0, 0.05) is 38.1 Å². The lowest BCUT2D eigenvalue weighted by molar-refractivity contribution is -0.134. The van der Waals surface area contributed by atoms with Gasteiger partial charge in [-0.3, -0.25) is 9.69 Å². The first-order chi connectivity index (χ1) is 14.1. The van der Waals surface area contributed by atoms with Crippen LogP contribution in [0, 0.1) is 0 Å². The highest BCUT2D eigenvalue weighted by atomic mass is 16.5. The van der Waals surface area contributed by atoms with Crippen LogP contribution in [0.25, 0.3) is 11.0 Å². The van der Waals surface area contributed by atoms with E-state index in [1.807, 2.05) is 55.6 Å². The van der Waals surface area contributed by atoms with Crippen LogP contribution in [-0.4, -0.2) is 60.2 Å². The van der Waals surface area contributed by atoms with E-state index < -0.39 is 0 Å². The third-order valence-electron chi connectivity index (χ3n) is 5.51. The maximum Gasteiger partial charge on any atom is 0.260 e. The number of hydrogen-bond donors (Lipinski definition) is 1. The van der Waals surface area contributed by atoms with Crippen LogP contribution in [0.4, 0.5) is 0 Å². The number of carbonyl (C=O) groups is 1. The van der Waals surface area contributed by atoms with Crippen LogP contribution < -0.4 is 4.74 Å². The van der Waals surface area contributed by atoms with Crippen molar-refractivity contribution in [2.24, 2.45) is 0 Å². The maximum absolute atomic E-state index is 12.9. The Labute approximate surface area is 170 Å². The van der Waals surface area contributed by atoms with E-state index in [4.69, 9.17) is 9.15 Å². The molecular weight excluding hydrogens is 368 g/mol. The molecule has 1 fully saturated rings. The molecule has 1 N–H and O–H groups in total. The van der Waals surface area contributed by atoms with E-state index in [1.54, 1.807) is 17.2 Å². The van der Waals surface area contributed by atoms with Gasteiger partial charge < -0.3 is 19.2 Å². The fraction of sp³-hybridized carbons (Fsp3) is 0.348. The highest BCUT2D eigenvalue weighted by Crippen LogP contribution is 2.24. The van der Waals surface area contributed by atoms with Crippen molar-refractivity contribution in [3.05, 3.63) is 66.4 Å². The number of likely N-dealkylation sites (tertiary alicyclic amines) is 1. The molecule has 4 rings (SSSR count). The van der Waals surface area contributed by atoms with Crippen molar-refractivity contribution in [3.63, 3.8) is 0 Å². The Hall–Kier alpha value is -2.83. The molecule has 1 amide bonds. The van der Waals surface area contributed by atoms with Crippen LogP contribution in [0.1, 0.15) is 18.0 Å². The smallest absolute Gasteiger partial charge is 0.260 e. The van der Waals surface area contributed by atoms with Crippen molar-refractivity contribution in [2.45, 2.75) is 18.6 Å². The van der Waals surface area contributed by atoms with E-state index in [1.165, 1.54) is 0 Å². The lowest BCUT2D eigenvalue weighted by Crippen LogP contribution is -2.40. The first kappa shape index (κ1) is 19.5. The summed E-state index contributed by atoms with van der Waals surface area (Å²) in [6.07, 6.45) is 2.12. The fourth-order valence-electron chi connectivity index (χ4n) is 3.79. The van der Waals surface area contributed by atoms with Gasteiger partial charge in [-0.1, -0.05) is 30.3 Å². The zero-order chi connectivity index (χ0) is 20.2. The fourth-order valence-corrected chi connectivity index (χ4v) is 3.79. The summed E-state index contributed by atoms with van der Waals surface area (Å²) in [4.78, 5) is 16.8. The molecule has 29 heavy (non-hydrogen) atoms. The van der Waals surface area contributed by atoms with Crippen LogP contribution >= 0.6 is 0 Å². The van der Waals surface area contributed by atoms with Crippen molar-refractivity contribution in [3.8, 4) is 5.75 Å². The van der Waals surface area contributed by atoms with Gasteiger partial charge in [0.2, 0.25) is 0 Å². The van der Waals surface area contributed by atoms with E-state index in [2.05, 4.69) is 4.90 Å². The molecule has 0 unspecified atom stereocenters. The molecule has 6 heteroatoms. The topological polar surface area (TPSA) is 66.2 Å². The van der Waals surface area contributed by atoms with Crippen LogP contribution in [0.2, 0.25) is 0 Å². The highest BCUT2D eigenvalue weighted by Gasteiger charge is 2.28. The predicted octanol–water partition coefficient (Wildman–Crippen LogP) is 3.08. The van der Waals surface area contributed by atoms with E-state index in [-0.39, 0.29) is 24.7 Å². The zero-order valence-corrected chi connectivity index (χ0v) is 16.5. The van der Waals surface area contributed by atoms with Gasteiger partial charge >= 0.3 is 0 Å². The molecule has 152 valence electrons. The Kier molecular flexibility index (Phi) is 5.83. The minimum absolute atomic E-state index is 0.0470. The number of benzene rings is 2. The summed E-state index contributed by atoms with van der Waals surface area (Å²) < 4.78 is 11.1. The molecule has 0 aliphatic carbocycles. The van der Waals surface area contributed by atoms with Crippen molar-refractivity contribution in [2.75, 3.05) is 33.3 Å². The van der Waals surface area contributed by atoms with Gasteiger partial charge in [-0.2, -0.15) is 0 Å². The Morgan fingerprint density at radius 1 is 1.28 bits per heavy atom. The van der Waals surface area contributed by atoms with Crippen LogP contribution in [0.15, 0.2) is 65.3 Å². The van der Waals surface area contributed by atoms with Crippen molar-refractivity contribution in [1.82, 2.24) is 9.80 Å². The lowest BCUT2D eigenvalue weighted by Gasteiger charge is -2.32. The van der Waals surface area contributed by atoms with Crippen molar-refractivity contribution in [1.29, 1.82) is 0 Å². The van der Waals surface area contributed by atoms with Crippen LogP contribution in [0.5, 0.6) is 5.75 Å². The average molecular weight is 394 g/mol. The van der Waals surface area contributed by atoms with Crippen molar-refractivity contribution >= 4 is 16.9 Å². The zero-order valence-electron chi connectivity index (χ0n) is 16.5. The number of rotatable bonds is 7. The summed E-state index contributed by atoms with van der Waals surface area (Å²) in [6.45, 7) is 2.12. The molecule has 0 saturated carbocycles. The Balaban J connectivity index is 1.44. The SMILES string of the molecule is CN(C(=O)COc1ccc2ccoc2c1)[C@H](CN1CC[C@H](O)C1)c1ccccc1. The molecule has 1 aliphatic rings. The monoisotopic (exact) mass is 394 g/mol. The Morgan fingerprint density at radius 3 is 2.86 bits per heavy atom. The largest absolute Gasteiger partial charge is 0.484 e. The van der Waals surface area contributed by atoms with Gasteiger partial charge in [0.25, 0.3) is 5.91 Å². The number of β-amino-alcohol motifs (C(OH)–C–C–N with tert-alkyl or cyclic N) is 1. The summed E-state index contributed by atoms with van der Waals surface area (Å²) in [6, 6.07) is 17.3. The van der Waals surface area contributed by atoms with E-state index in [9.17, 15) is 9.90 Å². The van der Waals surface area contributed by atoms with Gasteiger partial charge in [0.1, 0.15) is 11.3 Å². The number of amides is 1. The number of aliphatic hydroxyl groups excluding tert-OH is 1. The molecule has 0 spiro atoms. The number of nitrogens with zero attached hydrogens (tertiary/aromatic N) is 2. The lowest BCUT2D eigenvalue weighted by atomic mass is 10.0. The summed E-state index contributed by atoms with van der Waals surface area (Å²) in [5.74, 6) is 0.506. The number of fused-ring (bicyclic) bond motifs is 1. The number of carbonyl (C=O) groups excluding carboxylic acids is 1. The molecule has 2 heterocycles. The van der Waals surface area contributed by atoms with Crippen molar-refractivity contribution < 1.29 is 19.1 Å². The minimum Gasteiger partial charge on any atom is -0.484 e. The van der Waals surface area contributed by atoms with Crippen LogP contribution in [-0.2, 0) is 4.79 Å². The molecule has 2 atom stereocenters. The van der Waals surface area contributed by atoms with E-state index in [0.717, 1.165) is 29.5 Å². The minimum atomic E-state index is -0.285. The highest BCUT2D eigenvalue weighted by molar-refractivity contribution is 5.80. The van der Waals surface area contributed by atoms with E-state index >= 15 is 0 Å². The summed E-state index contributed by atoms with van der Waals surface area (Å²) in [5.41, 5.74) is 1.81. The number of likely N-dealkylation sites (N-methyl/N-ethyl adjacent to an activating group) is 1. The first-order valence-corrected chi connectivity index (χ1v) is 9.91. The molecule has 6 nitrogen and oxygen atoms in total. The Bertz CT molecular complexity index is 956. The van der Waals surface area contributed by atoms with Crippen LogP contribution in [0.3, 0.4) is 0 Å². The molecule has 3 aromatic rings. The number of ether oxygens (including phenoxy) is 1. The predicted molar refractivity (Wildman–Crippen MR) is 111 cm³/mol. The van der Waals surface area contributed by atoms with Gasteiger partial charge in [-0.05, 0) is 30.2 Å². The molecule has 1 aliphatic heterocycles. The number of hydrogen-bond acceptors (Lipinski definition) is 5. The van der Waals surface area contributed by atoms with Gasteiger partial charge in [0.15, 0.2) is 6.61 Å². The second-order valence-electron chi connectivity index (χ2n) is 7.54. The maximum atomic E-state index is 12.9. The average Bonchev–Trinajstić information content (AvgIpc) is 3.38. The first-order valence-electron chi connectivity index (χ1n) is 9.91. The van der Waals surface area contributed by atoms with Gasteiger partial charge in [-0.25, -0.2) is 0 Å². The normalized spacial score (nSPS) is 18.1.